The number of carbonyl (C=O) groups is 1. The third-order valence-corrected chi connectivity index (χ3v) is 4.80. The highest BCUT2D eigenvalue weighted by Crippen LogP contribution is 2.35. The lowest BCUT2D eigenvalue weighted by Gasteiger charge is -2.44. The number of aromatic nitrogens is 1. The van der Waals surface area contributed by atoms with Gasteiger partial charge in [0.05, 0.1) is 6.61 Å². The second-order valence-corrected chi connectivity index (χ2v) is 8.32. The van der Waals surface area contributed by atoms with Crippen molar-refractivity contribution in [3.63, 3.8) is 0 Å². The molecular weight excluding hydrogens is 332 g/mol. The van der Waals surface area contributed by atoms with Crippen LogP contribution in [0.15, 0.2) is 12.1 Å². The number of carbonyl (C=O) groups excluding carboxylic acids is 1. The Bertz CT molecular complexity index is 645. The van der Waals surface area contributed by atoms with Crippen molar-refractivity contribution in [2.24, 2.45) is 0 Å². The van der Waals surface area contributed by atoms with Crippen molar-refractivity contribution in [3.05, 3.63) is 17.7 Å². The van der Waals surface area contributed by atoms with E-state index in [0.717, 1.165) is 38.5 Å². The Hall–Kier alpha value is -1.86. The summed E-state index contributed by atoms with van der Waals surface area (Å²) in [6.45, 7) is 8.94. The minimum Gasteiger partial charge on any atom is -0.444 e. The summed E-state index contributed by atoms with van der Waals surface area (Å²) in [5.74, 6) is 1.84. The third kappa shape index (κ3) is 4.45. The quantitative estimate of drug-likeness (QED) is 0.888. The van der Waals surface area contributed by atoms with E-state index in [9.17, 15) is 4.79 Å². The third-order valence-electron chi connectivity index (χ3n) is 4.80. The highest BCUT2D eigenvalue weighted by atomic mass is 16.6. The predicted molar refractivity (Wildman–Crippen MR) is 102 cm³/mol. The van der Waals surface area contributed by atoms with E-state index < -0.39 is 11.7 Å². The van der Waals surface area contributed by atoms with E-state index >= 15 is 0 Å². The van der Waals surface area contributed by atoms with Gasteiger partial charge in [0, 0.05) is 37.2 Å². The Morgan fingerprint density at radius 3 is 2.65 bits per heavy atom. The highest BCUT2D eigenvalue weighted by molar-refractivity contribution is 5.84. The van der Waals surface area contributed by atoms with Crippen molar-refractivity contribution in [3.8, 4) is 0 Å². The Labute approximate surface area is 155 Å². The zero-order valence-electron chi connectivity index (χ0n) is 16.4. The molecule has 3 rings (SSSR count). The lowest BCUT2D eigenvalue weighted by atomic mass is 9.97. The van der Waals surface area contributed by atoms with Gasteiger partial charge in [-0.05, 0) is 47.4 Å². The molecule has 0 radical (unpaired) electrons. The summed E-state index contributed by atoms with van der Waals surface area (Å²) in [4.78, 5) is 21.3. The summed E-state index contributed by atoms with van der Waals surface area (Å²) in [7, 11) is 4.20. The Morgan fingerprint density at radius 2 is 2.08 bits per heavy atom. The number of hydrogen-bond donors (Lipinski definition) is 1. The van der Waals surface area contributed by atoms with Crippen LogP contribution in [0.25, 0.3) is 0 Å². The summed E-state index contributed by atoms with van der Waals surface area (Å²) in [5, 5.41) is 2.75. The number of rotatable bonds is 4. The molecule has 1 aromatic rings. The first-order valence-corrected chi connectivity index (χ1v) is 9.23. The van der Waals surface area contributed by atoms with Gasteiger partial charge < -0.3 is 19.3 Å². The fourth-order valence-electron chi connectivity index (χ4n) is 3.24. The largest absolute Gasteiger partial charge is 0.444 e. The molecule has 1 amide bonds. The summed E-state index contributed by atoms with van der Waals surface area (Å²) in [6, 6.07) is 4.45. The fourth-order valence-corrected chi connectivity index (χ4v) is 3.24. The Balaban J connectivity index is 1.78. The van der Waals surface area contributed by atoms with Gasteiger partial charge in [-0.2, -0.15) is 0 Å². The van der Waals surface area contributed by atoms with Crippen molar-refractivity contribution in [2.75, 3.05) is 50.6 Å². The molecule has 1 aromatic heterocycles. The molecule has 26 heavy (non-hydrogen) atoms. The number of nitrogens with zero attached hydrogens (tertiary/aromatic N) is 3. The average molecular weight is 362 g/mol. The van der Waals surface area contributed by atoms with Gasteiger partial charge in [0.15, 0.2) is 0 Å². The molecule has 0 bridgehead atoms. The molecule has 7 heteroatoms. The van der Waals surface area contributed by atoms with Crippen molar-refractivity contribution in [1.82, 2.24) is 9.88 Å². The van der Waals surface area contributed by atoms with Crippen LogP contribution >= 0.6 is 0 Å². The normalized spacial score (nSPS) is 21.0. The molecule has 2 aliphatic heterocycles. The molecular formula is C19H30N4O3. The molecule has 1 unspecified atom stereocenters. The van der Waals surface area contributed by atoms with Gasteiger partial charge in [0.1, 0.15) is 17.2 Å². The van der Waals surface area contributed by atoms with Crippen LogP contribution in [-0.2, 0) is 9.47 Å². The van der Waals surface area contributed by atoms with Crippen LogP contribution < -0.4 is 10.2 Å². The molecule has 0 spiro atoms. The molecule has 144 valence electrons. The second kappa shape index (κ2) is 7.40. The maximum Gasteiger partial charge on any atom is 0.413 e. The zero-order valence-corrected chi connectivity index (χ0v) is 16.4. The number of amides is 1. The fraction of sp³-hybridized carbons (Fsp3) is 0.684. The van der Waals surface area contributed by atoms with Crippen LogP contribution in [0.4, 0.5) is 16.4 Å². The molecule has 0 aromatic carbocycles. The van der Waals surface area contributed by atoms with Gasteiger partial charge in [-0.15, -0.1) is 0 Å². The second-order valence-electron chi connectivity index (χ2n) is 8.32. The highest BCUT2D eigenvalue weighted by Gasteiger charge is 2.33. The topological polar surface area (TPSA) is 66.9 Å². The molecule has 2 fully saturated rings. The predicted octanol–water partition coefficient (Wildman–Crippen LogP) is 2.68. The number of hydrogen-bond acceptors (Lipinski definition) is 6. The molecule has 1 atom stereocenters. The van der Waals surface area contributed by atoms with Gasteiger partial charge in [0.25, 0.3) is 0 Å². The van der Waals surface area contributed by atoms with Crippen molar-refractivity contribution >= 4 is 17.7 Å². The van der Waals surface area contributed by atoms with Crippen molar-refractivity contribution in [2.45, 2.75) is 44.8 Å². The van der Waals surface area contributed by atoms with E-state index in [-0.39, 0.29) is 0 Å². The first-order valence-electron chi connectivity index (χ1n) is 9.23. The SMILES string of the molecule is CN(C)C1CN(c2nc(NC(=O)OC(C)(C)C)ccc2C2CCOC2)C1. The maximum absolute atomic E-state index is 12.1. The molecule has 2 aliphatic rings. The summed E-state index contributed by atoms with van der Waals surface area (Å²) >= 11 is 0. The minimum atomic E-state index is -0.537. The van der Waals surface area contributed by atoms with E-state index in [2.05, 4.69) is 35.3 Å². The molecule has 1 N–H and O–H groups in total. The molecule has 0 aliphatic carbocycles. The van der Waals surface area contributed by atoms with Crippen LogP contribution in [0.3, 0.4) is 0 Å². The first kappa shape index (κ1) is 18.9. The Morgan fingerprint density at radius 1 is 1.35 bits per heavy atom. The van der Waals surface area contributed by atoms with Gasteiger partial charge in [-0.25, -0.2) is 9.78 Å². The Kier molecular flexibility index (Phi) is 5.39. The monoisotopic (exact) mass is 362 g/mol. The van der Waals surface area contributed by atoms with Crippen molar-refractivity contribution < 1.29 is 14.3 Å². The van der Waals surface area contributed by atoms with E-state index in [1.165, 1.54) is 5.56 Å². The lowest BCUT2D eigenvalue weighted by Crippen LogP contribution is -2.58. The molecule has 0 saturated carbocycles. The van der Waals surface area contributed by atoms with Gasteiger partial charge in [0.2, 0.25) is 0 Å². The number of nitrogens with one attached hydrogen (secondary N) is 1. The van der Waals surface area contributed by atoms with Crippen molar-refractivity contribution in [1.29, 1.82) is 0 Å². The standard InChI is InChI=1S/C19H30N4O3/c1-19(2,3)26-18(24)21-16-7-6-15(13-8-9-25-12-13)17(20-16)23-10-14(11-23)22(4)5/h6-7,13-14H,8-12H2,1-5H3,(H,20,21,24). The summed E-state index contributed by atoms with van der Waals surface area (Å²) in [6.07, 6.45) is 0.529. The van der Waals surface area contributed by atoms with E-state index in [1.807, 2.05) is 26.8 Å². The lowest BCUT2D eigenvalue weighted by molar-refractivity contribution is 0.0635. The van der Waals surface area contributed by atoms with Crippen LogP contribution in [0.5, 0.6) is 0 Å². The number of pyridine rings is 1. The summed E-state index contributed by atoms with van der Waals surface area (Å²) < 4.78 is 10.9. The smallest absolute Gasteiger partial charge is 0.413 e. The molecule has 7 nitrogen and oxygen atoms in total. The molecule has 3 heterocycles. The van der Waals surface area contributed by atoms with Crippen LogP contribution in [0.2, 0.25) is 0 Å². The number of anilines is 2. The van der Waals surface area contributed by atoms with Crippen LogP contribution in [0, 0.1) is 0 Å². The molecule has 2 saturated heterocycles. The van der Waals surface area contributed by atoms with Gasteiger partial charge >= 0.3 is 6.09 Å². The average Bonchev–Trinajstić information content (AvgIpc) is 2.97. The maximum atomic E-state index is 12.1. The van der Waals surface area contributed by atoms with E-state index in [0.29, 0.717) is 17.8 Å². The van der Waals surface area contributed by atoms with E-state index in [1.54, 1.807) is 0 Å². The first-order chi connectivity index (χ1) is 12.2. The van der Waals surface area contributed by atoms with Crippen LogP contribution in [-0.4, -0.2) is 68.0 Å². The van der Waals surface area contributed by atoms with E-state index in [4.69, 9.17) is 14.5 Å². The van der Waals surface area contributed by atoms with Gasteiger partial charge in [-0.3, -0.25) is 5.32 Å². The number of ether oxygens (including phenoxy) is 2. The number of likely N-dealkylation sites (N-methyl/N-ethyl adjacent to an activating group) is 1. The minimum absolute atomic E-state index is 0.367. The van der Waals surface area contributed by atoms with Crippen LogP contribution in [0.1, 0.15) is 38.7 Å². The summed E-state index contributed by atoms with van der Waals surface area (Å²) in [5.41, 5.74) is 0.666. The van der Waals surface area contributed by atoms with Gasteiger partial charge in [-0.1, -0.05) is 6.07 Å². The zero-order chi connectivity index (χ0) is 18.9.